The highest BCUT2D eigenvalue weighted by Gasteiger charge is 2.19. The Balaban J connectivity index is 1.56. The van der Waals surface area contributed by atoms with Gasteiger partial charge in [0.25, 0.3) is 0 Å². The Morgan fingerprint density at radius 1 is 1.40 bits per heavy atom. The Morgan fingerprint density at radius 2 is 2.27 bits per heavy atom. The van der Waals surface area contributed by atoms with Crippen molar-refractivity contribution in [1.82, 2.24) is 5.32 Å². The molecule has 3 N–H and O–H groups in total. The van der Waals surface area contributed by atoms with Crippen molar-refractivity contribution >= 4 is 0 Å². The van der Waals surface area contributed by atoms with Crippen molar-refractivity contribution in [2.45, 2.75) is 44.7 Å². The van der Waals surface area contributed by atoms with Gasteiger partial charge in [0.2, 0.25) is 0 Å². The smallest absolute Gasteiger partial charge is 0.104 e. The third kappa shape index (κ3) is 3.68. The second kappa shape index (κ2) is 5.33. The van der Waals surface area contributed by atoms with Crippen LogP contribution < -0.4 is 11.1 Å². The summed E-state index contributed by atoms with van der Waals surface area (Å²) in [5, 5.41) is 3.51. The number of hydrogen-bond donors (Lipinski definition) is 2. The van der Waals surface area contributed by atoms with E-state index in [-0.39, 0.29) is 0 Å². The van der Waals surface area contributed by atoms with Gasteiger partial charge in [-0.25, -0.2) is 0 Å². The van der Waals surface area contributed by atoms with Crippen LogP contribution in [0.25, 0.3) is 0 Å². The molecule has 0 unspecified atom stereocenters. The molecule has 0 radical (unpaired) electrons. The predicted molar refractivity (Wildman–Crippen MR) is 60.6 cm³/mol. The van der Waals surface area contributed by atoms with Crippen molar-refractivity contribution in [3.05, 3.63) is 23.7 Å². The molecule has 3 nitrogen and oxygen atoms in total. The van der Waals surface area contributed by atoms with E-state index < -0.39 is 0 Å². The Bertz CT molecular complexity index is 292. The van der Waals surface area contributed by atoms with Crippen LogP contribution in [0, 0.1) is 0 Å². The summed E-state index contributed by atoms with van der Waals surface area (Å²) >= 11 is 0. The highest BCUT2D eigenvalue weighted by Crippen LogP contribution is 2.18. The molecule has 0 saturated heterocycles. The van der Waals surface area contributed by atoms with Crippen molar-refractivity contribution in [3.63, 3.8) is 0 Å². The summed E-state index contributed by atoms with van der Waals surface area (Å²) in [5.74, 6) is 1.07. The summed E-state index contributed by atoms with van der Waals surface area (Å²) in [6.45, 7) is 1.72. The van der Waals surface area contributed by atoms with Gasteiger partial charge >= 0.3 is 0 Å². The minimum absolute atomic E-state index is 0.576. The fourth-order valence-electron chi connectivity index (χ4n) is 1.68. The van der Waals surface area contributed by atoms with Crippen LogP contribution in [0.15, 0.2) is 16.7 Å². The van der Waals surface area contributed by atoms with Crippen LogP contribution in [-0.2, 0) is 13.0 Å². The normalized spacial score (nSPS) is 15.8. The zero-order valence-electron chi connectivity index (χ0n) is 9.17. The van der Waals surface area contributed by atoms with E-state index in [1.807, 2.05) is 0 Å². The fourth-order valence-corrected chi connectivity index (χ4v) is 1.68. The van der Waals surface area contributed by atoms with Gasteiger partial charge in [0.05, 0.1) is 6.26 Å². The zero-order valence-corrected chi connectivity index (χ0v) is 9.17. The van der Waals surface area contributed by atoms with Gasteiger partial charge < -0.3 is 15.5 Å². The lowest BCUT2D eigenvalue weighted by atomic mass is 10.2. The molecule has 0 amide bonds. The molecule has 0 spiro atoms. The van der Waals surface area contributed by atoms with Crippen LogP contribution in [0.1, 0.15) is 37.0 Å². The van der Waals surface area contributed by atoms with Crippen LogP contribution in [-0.4, -0.2) is 12.6 Å². The molecule has 1 saturated carbocycles. The number of rotatable bonds is 7. The maximum atomic E-state index is 5.51. The fraction of sp³-hybridized carbons (Fsp3) is 0.667. The molecule has 0 bridgehead atoms. The van der Waals surface area contributed by atoms with Crippen molar-refractivity contribution in [2.24, 2.45) is 5.73 Å². The number of nitrogens with one attached hydrogen (secondary N) is 1. The van der Waals surface area contributed by atoms with E-state index in [4.69, 9.17) is 10.2 Å². The van der Waals surface area contributed by atoms with E-state index in [0.717, 1.165) is 30.3 Å². The monoisotopic (exact) mass is 208 g/mol. The van der Waals surface area contributed by atoms with E-state index in [0.29, 0.717) is 6.54 Å². The van der Waals surface area contributed by atoms with E-state index >= 15 is 0 Å². The van der Waals surface area contributed by atoms with Crippen LogP contribution in [0.3, 0.4) is 0 Å². The summed E-state index contributed by atoms with van der Waals surface area (Å²) < 4.78 is 5.40. The lowest BCUT2D eigenvalue weighted by Gasteiger charge is -2.00. The minimum Gasteiger partial charge on any atom is -0.469 e. The molecule has 1 aliphatic carbocycles. The molecule has 15 heavy (non-hydrogen) atoms. The number of unbranched alkanes of at least 4 members (excludes halogenated alkanes) is 1. The SMILES string of the molecule is NCc1coc(CCCCNC2CC2)c1. The number of nitrogens with two attached hydrogens (primary N) is 1. The first-order valence-corrected chi connectivity index (χ1v) is 5.88. The number of furan rings is 1. The van der Waals surface area contributed by atoms with Crippen molar-refractivity contribution < 1.29 is 4.42 Å². The molecule has 1 fully saturated rings. The summed E-state index contributed by atoms with van der Waals surface area (Å²) in [6.07, 6.45) is 7.96. The molecule has 0 atom stereocenters. The molecule has 1 aromatic heterocycles. The molecule has 0 aromatic carbocycles. The second-order valence-corrected chi connectivity index (χ2v) is 4.31. The zero-order chi connectivity index (χ0) is 10.5. The van der Waals surface area contributed by atoms with Crippen LogP contribution in [0.5, 0.6) is 0 Å². The first-order chi connectivity index (χ1) is 7.38. The van der Waals surface area contributed by atoms with Crippen molar-refractivity contribution in [1.29, 1.82) is 0 Å². The third-order valence-electron chi connectivity index (χ3n) is 2.80. The van der Waals surface area contributed by atoms with Crippen LogP contribution in [0.4, 0.5) is 0 Å². The Morgan fingerprint density at radius 3 is 2.93 bits per heavy atom. The largest absolute Gasteiger partial charge is 0.469 e. The molecule has 1 aromatic rings. The molecular formula is C12H20N2O. The molecule has 1 heterocycles. The predicted octanol–water partition coefficient (Wildman–Crippen LogP) is 1.81. The third-order valence-corrected chi connectivity index (χ3v) is 2.80. The van der Waals surface area contributed by atoms with Gasteiger partial charge in [-0.05, 0) is 38.3 Å². The lowest BCUT2D eigenvalue weighted by Crippen LogP contribution is -2.17. The average molecular weight is 208 g/mol. The quantitative estimate of drug-likeness (QED) is 0.672. The molecular weight excluding hydrogens is 188 g/mol. The Labute approximate surface area is 91.0 Å². The van der Waals surface area contributed by atoms with Gasteiger partial charge in [0.1, 0.15) is 5.76 Å². The van der Waals surface area contributed by atoms with Gasteiger partial charge in [-0.2, -0.15) is 0 Å². The maximum Gasteiger partial charge on any atom is 0.104 e. The average Bonchev–Trinajstić information content (AvgIpc) is 2.96. The topological polar surface area (TPSA) is 51.2 Å². The van der Waals surface area contributed by atoms with E-state index in [9.17, 15) is 0 Å². The standard InChI is InChI=1S/C12H20N2O/c13-8-10-7-12(15-9-10)3-1-2-6-14-11-4-5-11/h7,9,11,14H,1-6,8,13H2. The first-order valence-electron chi connectivity index (χ1n) is 5.88. The summed E-state index contributed by atoms with van der Waals surface area (Å²) in [6, 6.07) is 2.89. The summed E-state index contributed by atoms with van der Waals surface area (Å²) in [4.78, 5) is 0. The molecule has 1 aliphatic rings. The Hall–Kier alpha value is -0.800. The molecule has 84 valence electrons. The van der Waals surface area contributed by atoms with Crippen LogP contribution >= 0.6 is 0 Å². The number of hydrogen-bond acceptors (Lipinski definition) is 3. The molecule has 0 aliphatic heterocycles. The second-order valence-electron chi connectivity index (χ2n) is 4.31. The minimum atomic E-state index is 0.576. The highest BCUT2D eigenvalue weighted by molar-refractivity contribution is 5.12. The highest BCUT2D eigenvalue weighted by atomic mass is 16.3. The van der Waals surface area contributed by atoms with Crippen molar-refractivity contribution in [2.75, 3.05) is 6.54 Å². The molecule has 2 rings (SSSR count). The van der Waals surface area contributed by atoms with Gasteiger partial charge in [-0.15, -0.1) is 0 Å². The maximum absolute atomic E-state index is 5.51. The van der Waals surface area contributed by atoms with E-state index in [1.165, 1.54) is 25.7 Å². The van der Waals surface area contributed by atoms with Crippen LogP contribution in [0.2, 0.25) is 0 Å². The Kier molecular flexibility index (Phi) is 3.80. The van der Waals surface area contributed by atoms with Gasteiger partial charge in [0.15, 0.2) is 0 Å². The first kappa shape index (κ1) is 10.7. The van der Waals surface area contributed by atoms with Crippen molar-refractivity contribution in [3.8, 4) is 0 Å². The van der Waals surface area contributed by atoms with E-state index in [1.54, 1.807) is 6.26 Å². The summed E-state index contributed by atoms with van der Waals surface area (Å²) in [5.41, 5.74) is 6.61. The van der Waals surface area contributed by atoms with E-state index in [2.05, 4.69) is 11.4 Å². The summed E-state index contributed by atoms with van der Waals surface area (Å²) in [7, 11) is 0. The number of aryl methyl sites for hydroxylation is 1. The van der Waals surface area contributed by atoms with Gasteiger partial charge in [-0.3, -0.25) is 0 Å². The lowest BCUT2D eigenvalue weighted by molar-refractivity contribution is 0.492. The van der Waals surface area contributed by atoms with Gasteiger partial charge in [0, 0.05) is 24.6 Å². The molecule has 3 heteroatoms. The van der Waals surface area contributed by atoms with Gasteiger partial charge in [-0.1, -0.05) is 0 Å².